The molecular formula is C37H52BrN5O4. The summed E-state index contributed by atoms with van der Waals surface area (Å²) in [5.41, 5.74) is 5.19. The van der Waals surface area contributed by atoms with Crippen LogP contribution in [0.5, 0.6) is 0 Å². The number of carbonyl (C=O) groups is 3. The Labute approximate surface area is 288 Å². The van der Waals surface area contributed by atoms with Crippen molar-refractivity contribution >= 4 is 39.6 Å². The number of para-hydroxylation sites is 1. The quantitative estimate of drug-likeness (QED) is 0.355. The molecule has 4 heterocycles. The van der Waals surface area contributed by atoms with E-state index < -0.39 is 12.2 Å². The molecule has 4 aliphatic heterocycles. The zero-order chi connectivity index (χ0) is 32.2. The van der Waals surface area contributed by atoms with Crippen LogP contribution in [0.25, 0.3) is 0 Å². The lowest BCUT2D eigenvalue weighted by Crippen LogP contribution is -2.52. The molecule has 9 nitrogen and oxygen atoms in total. The summed E-state index contributed by atoms with van der Waals surface area (Å²) in [5.74, 6) is 1.30. The first-order valence-electron chi connectivity index (χ1n) is 17.1. The van der Waals surface area contributed by atoms with Crippen molar-refractivity contribution in [3.63, 3.8) is 0 Å². The van der Waals surface area contributed by atoms with Crippen molar-refractivity contribution < 1.29 is 19.1 Å². The molecule has 2 aromatic carbocycles. The number of urea groups is 1. The Morgan fingerprint density at radius 3 is 2.19 bits per heavy atom. The topological polar surface area (TPSA) is 94.2 Å². The third kappa shape index (κ3) is 8.31. The van der Waals surface area contributed by atoms with Crippen LogP contribution in [-0.2, 0) is 22.4 Å². The molecule has 2 aromatic rings. The Kier molecular flexibility index (Phi) is 11.9. The van der Waals surface area contributed by atoms with E-state index in [1.807, 2.05) is 41.8 Å². The van der Waals surface area contributed by atoms with E-state index in [2.05, 4.69) is 44.8 Å². The van der Waals surface area contributed by atoms with Gasteiger partial charge >= 0.3 is 12.1 Å². The van der Waals surface area contributed by atoms with Crippen molar-refractivity contribution in [2.45, 2.75) is 84.8 Å². The van der Waals surface area contributed by atoms with Gasteiger partial charge in [0.1, 0.15) is 0 Å². The summed E-state index contributed by atoms with van der Waals surface area (Å²) in [6, 6.07) is 12.1. The third-order valence-electron chi connectivity index (χ3n) is 10.6. The molecule has 3 saturated heterocycles. The van der Waals surface area contributed by atoms with Crippen LogP contribution in [0.1, 0.15) is 68.2 Å². The summed E-state index contributed by atoms with van der Waals surface area (Å²) in [5, 5.41) is 6.53. The van der Waals surface area contributed by atoms with Crippen LogP contribution in [0.2, 0.25) is 0 Å². The summed E-state index contributed by atoms with van der Waals surface area (Å²) < 4.78 is 7.17. The number of nitrogens with one attached hydrogen (secondary N) is 2. The van der Waals surface area contributed by atoms with Crippen molar-refractivity contribution in [3.8, 4) is 0 Å². The molecule has 256 valence electrons. The van der Waals surface area contributed by atoms with E-state index in [0.29, 0.717) is 57.9 Å². The number of ether oxygens (including phenoxy) is 1. The average Bonchev–Trinajstić information content (AvgIpc) is 3.25. The SMILES string of the molecule is C.Cc1cc(C[C@@H](OC(=O)N2CCC(N3CCc4ccccc4NC3=O)CC2)C(=O)N2CCC(C3CCNCC3)CC2)cc(C)c1Br. The maximum absolute atomic E-state index is 14.0. The number of rotatable bonds is 6. The van der Waals surface area contributed by atoms with Gasteiger partial charge in [0.2, 0.25) is 0 Å². The van der Waals surface area contributed by atoms with Crippen LogP contribution >= 0.6 is 15.9 Å². The Bertz CT molecular complexity index is 1390. The second kappa shape index (κ2) is 15.9. The number of benzene rings is 2. The molecule has 6 rings (SSSR count). The molecular weight excluding hydrogens is 658 g/mol. The van der Waals surface area contributed by atoms with Gasteiger partial charge in [0, 0.05) is 55.3 Å². The minimum atomic E-state index is -0.879. The number of likely N-dealkylation sites (tertiary alicyclic amines) is 2. The van der Waals surface area contributed by atoms with Crippen LogP contribution < -0.4 is 10.6 Å². The first kappa shape index (κ1) is 35.2. The highest BCUT2D eigenvalue weighted by Crippen LogP contribution is 2.32. The van der Waals surface area contributed by atoms with Gasteiger partial charge in [0.25, 0.3) is 5.91 Å². The Hall–Kier alpha value is -3.11. The predicted molar refractivity (Wildman–Crippen MR) is 190 cm³/mol. The first-order chi connectivity index (χ1) is 22.3. The lowest BCUT2D eigenvalue weighted by Gasteiger charge is -2.39. The molecule has 0 unspecified atom stereocenters. The van der Waals surface area contributed by atoms with Gasteiger partial charge in [-0.15, -0.1) is 0 Å². The van der Waals surface area contributed by atoms with Crippen molar-refractivity contribution in [1.82, 2.24) is 20.0 Å². The number of carbonyl (C=O) groups excluding carboxylic acids is 3. The third-order valence-corrected chi connectivity index (χ3v) is 11.9. The first-order valence-corrected chi connectivity index (χ1v) is 17.9. The number of fused-ring (bicyclic) bond motifs is 1. The summed E-state index contributed by atoms with van der Waals surface area (Å²) in [6.07, 6.45) is 5.62. The standard InChI is InChI=1S/C36H48BrN5O4.CH4/c1-24-21-26(22-25(2)33(24)37)23-32(34(43)40-16-9-28(10-17-40)27-7-14-38-15-8-27)46-36(45)41-18-12-30(13-19-41)42-20-11-29-5-3-4-6-31(29)39-35(42)44;/h3-6,21-22,27-28,30,32,38H,7-20,23H2,1-2H3,(H,39,44);1H4/t32-;/m1./s1. The Morgan fingerprint density at radius 1 is 0.894 bits per heavy atom. The fourth-order valence-electron chi connectivity index (χ4n) is 7.95. The van der Waals surface area contributed by atoms with Crippen molar-refractivity contribution in [2.75, 3.05) is 51.1 Å². The van der Waals surface area contributed by atoms with Gasteiger partial charge < -0.3 is 30.1 Å². The molecule has 47 heavy (non-hydrogen) atoms. The molecule has 0 bridgehead atoms. The zero-order valence-electron chi connectivity index (χ0n) is 27.2. The minimum Gasteiger partial charge on any atom is -0.436 e. The van der Waals surface area contributed by atoms with E-state index in [-0.39, 0.29) is 25.4 Å². The summed E-state index contributed by atoms with van der Waals surface area (Å²) in [7, 11) is 0. The second-order valence-corrected chi connectivity index (χ2v) is 14.4. The van der Waals surface area contributed by atoms with Crippen molar-refractivity contribution in [3.05, 3.63) is 63.1 Å². The van der Waals surface area contributed by atoms with Crippen molar-refractivity contribution in [2.24, 2.45) is 11.8 Å². The highest BCUT2D eigenvalue weighted by atomic mass is 79.9. The van der Waals surface area contributed by atoms with Gasteiger partial charge in [-0.25, -0.2) is 9.59 Å². The number of aryl methyl sites for hydroxylation is 2. The van der Waals surface area contributed by atoms with Gasteiger partial charge in [-0.3, -0.25) is 4.79 Å². The number of amides is 4. The van der Waals surface area contributed by atoms with Gasteiger partial charge in [0.05, 0.1) is 0 Å². The average molecular weight is 711 g/mol. The Balaban J connectivity index is 0.00000433. The fourth-order valence-corrected chi connectivity index (χ4v) is 8.18. The molecule has 0 aromatic heterocycles. The molecule has 1 atom stereocenters. The molecule has 0 radical (unpaired) electrons. The lowest BCUT2D eigenvalue weighted by atomic mass is 9.79. The molecule has 3 fully saturated rings. The van der Waals surface area contributed by atoms with Gasteiger partial charge in [-0.1, -0.05) is 53.7 Å². The summed E-state index contributed by atoms with van der Waals surface area (Å²) >= 11 is 3.65. The second-order valence-electron chi connectivity index (χ2n) is 13.6. The van der Waals surface area contributed by atoms with E-state index in [1.165, 1.54) is 12.8 Å². The minimum absolute atomic E-state index is 0. The normalized spacial score (nSPS) is 20.5. The number of hydrogen-bond donors (Lipinski definition) is 2. The number of halogens is 1. The molecule has 0 saturated carbocycles. The monoisotopic (exact) mass is 709 g/mol. The summed E-state index contributed by atoms with van der Waals surface area (Å²) in [6.45, 7) is 9.31. The number of anilines is 1. The lowest BCUT2D eigenvalue weighted by molar-refractivity contribution is -0.142. The Morgan fingerprint density at radius 2 is 1.51 bits per heavy atom. The molecule has 0 aliphatic carbocycles. The number of hydrogen-bond acceptors (Lipinski definition) is 5. The highest BCUT2D eigenvalue weighted by molar-refractivity contribution is 9.10. The molecule has 10 heteroatoms. The van der Waals surface area contributed by atoms with E-state index in [4.69, 9.17) is 4.74 Å². The summed E-state index contributed by atoms with van der Waals surface area (Å²) in [4.78, 5) is 46.3. The van der Waals surface area contributed by atoms with Crippen LogP contribution in [0, 0.1) is 25.7 Å². The zero-order valence-corrected chi connectivity index (χ0v) is 28.8. The molecule has 4 aliphatic rings. The highest BCUT2D eigenvalue weighted by Gasteiger charge is 2.36. The van der Waals surface area contributed by atoms with Gasteiger partial charge in [0.15, 0.2) is 6.10 Å². The van der Waals surface area contributed by atoms with Crippen LogP contribution in [0.15, 0.2) is 40.9 Å². The van der Waals surface area contributed by atoms with E-state index in [9.17, 15) is 14.4 Å². The molecule has 4 amide bonds. The van der Waals surface area contributed by atoms with Crippen molar-refractivity contribution in [1.29, 1.82) is 0 Å². The smallest absolute Gasteiger partial charge is 0.410 e. The van der Waals surface area contributed by atoms with Gasteiger partial charge in [-0.2, -0.15) is 0 Å². The maximum atomic E-state index is 14.0. The largest absolute Gasteiger partial charge is 0.436 e. The van der Waals surface area contributed by atoms with E-state index in [1.54, 1.807) is 4.90 Å². The van der Waals surface area contributed by atoms with Crippen LogP contribution in [0.4, 0.5) is 15.3 Å². The van der Waals surface area contributed by atoms with E-state index >= 15 is 0 Å². The predicted octanol–water partition coefficient (Wildman–Crippen LogP) is 6.54. The number of piperidine rings is 3. The molecule has 2 N–H and O–H groups in total. The fraction of sp³-hybridized carbons (Fsp3) is 0.595. The molecule has 0 spiro atoms. The van der Waals surface area contributed by atoms with Crippen LogP contribution in [-0.4, -0.2) is 90.7 Å². The number of nitrogens with zero attached hydrogens (tertiary/aromatic N) is 3. The van der Waals surface area contributed by atoms with Crippen LogP contribution in [0.3, 0.4) is 0 Å². The maximum Gasteiger partial charge on any atom is 0.410 e. The van der Waals surface area contributed by atoms with E-state index in [0.717, 1.165) is 70.7 Å². The van der Waals surface area contributed by atoms with Gasteiger partial charge in [-0.05, 0) is 112 Å².